The highest BCUT2D eigenvalue weighted by molar-refractivity contribution is 5.97. The van der Waals surface area contributed by atoms with Gasteiger partial charge in [-0.1, -0.05) is 18.8 Å². The van der Waals surface area contributed by atoms with Crippen LogP contribution in [0.1, 0.15) is 54.2 Å². The highest BCUT2D eigenvalue weighted by Gasteiger charge is 2.39. The third-order valence-electron chi connectivity index (χ3n) is 5.22. The first-order valence-electron chi connectivity index (χ1n) is 11.3. The zero-order chi connectivity index (χ0) is 23.9. The van der Waals surface area contributed by atoms with Crippen molar-refractivity contribution < 1.29 is 8.91 Å². The zero-order valence-corrected chi connectivity index (χ0v) is 17.3. The lowest BCUT2D eigenvalue weighted by Gasteiger charge is -2.08. The summed E-state index contributed by atoms with van der Waals surface area (Å²) in [6.07, 6.45) is 4.22. The number of nitrogens with one attached hydrogen (secondary N) is 2. The number of rotatable bonds is 4. The van der Waals surface area contributed by atoms with Gasteiger partial charge < -0.3 is 10.6 Å². The molecule has 1 saturated carbocycles. The maximum atomic E-state index is 12.4. The fraction of sp³-hybridized carbons (Fsp3) is 0.409. The fourth-order valence-electron chi connectivity index (χ4n) is 3.19. The van der Waals surface area contributed by atoms with Crippen molar-refractivity contribution in [2.24, 2.45) is 11.8 Å². The van der Waals surface area contributed by atoms with Gasteiger partial charge in [0.25, 0.3) is 0 Å². The SMILES string of the molecule is [2H]C([2H])([2H])Nc1ncc(C#Cc2cn(C(C)C)nc2C)c2cc(NC(=O)[C@H]3C[C@H]3C)nnc12. The zero-order valence-electron chi connectivity index (χ0n) is 20.3. The van der Waals surface area contributed by atoms with Crippen molar-refractivity contribution >= 4 is 28.4 Å². The number of aryl methyl sites for hydroxylation is 1. The van der Waals surface area contributed by atoms with E-state index in [1.807, 2.05) is 38.6 Å². The van der Waals surface area contributed by atoms with Crippen LogP contribution in [-0.4, -0.2) is 37.8 Å². The summed E-state index contributed by atoms with van der Waals surface area (Å²) in [7, 11) is 0. The molecule has 154 valence electrons. The molecule has 0 spiro atoms. The standard InChI is InChI=1S/C22H25N7O/c1-12(2)29-11-16(14(4)28-29)7-6-15-10-24-21(23-5)20-18(15)9-19(26-27-20)25-22(30)17-8-13(17)3/h9-13,17H,8H2,1-5H3,(H,23,24)(H,25,26,30)/t13-,17+/m1/s1/i5D3. The molecule has 0 bridgehead atoms. The Morgan fingerprint density at radius 1 is 1.33 bits per heavy atom. The van der Waals surface area contributed by atoms with Crippen LogP contribution in [0.2, 0.25) is 0 Å². The van der Waals surface area contributed by atoms with Gasteiger partial charge in [0.05, 0.1) is 16.8 Å². The Labute approximate surface area is 179 Å². The number of aromatic nitrogens is 5. The molecule has 0 aliphatic heterocycles. The molecule has 8 heteroatoms. The van der Waals surface area contributed by atoms with Crippen molar-refractivity contribution in [1.82, 2.24) is 25.0 Å². The lowest BCUT2D eigenvalue weighted by molar-refractivity contribution is -0.117. The first-order chi connectivity index (χ1) is 15.5. The van der Waals surface area contributed by atoms with Gasteiger partial charge in [0.2, 0.25) is 5.91 Å². The Morgan fingerprint density at radius 2 is 2.10 bits per heavy atom. The van der Waals surface area contributed by atoms with E-state index in [-0.39, 0.29) is 35.0 Å². The number of hydrogen-bond acceptors (Lipinski definition) is 6. The molecule has 4 rings (SSSR count). The van der Waals surface area contributed by atoms with Gasteiger partial charge in [-0.25, -0.2) is 4.98 Å². The van der Waals surface area contributed by atoms with E-state index < -0.39 is 6.98 Å². The Bertz CT molecular complexity index is 1290. The van der Waals surface area contributed by atoms with Gasteiger partial charge >= 0.3 is 0 Å². The van der Waals surface area contributed by atoms with E-state index in [0.29, 0.717) is 16.9 Å². The van der Waals surface area contributed by atoms with E-state index >= 15 is 0 Å². The van der Waals surface area contributed by atoms with Gasteiger partial charge in [-0.05, 0) is 39.2 Å². The molecule has 0 radical (unpaired) electrons. The molecule has 0 aromatic carbocycles. The van der Waals surface area contributed by atoms with Crippen molar-refractivity contribution in [3.05, 3.63) is 35.3 Å². The molecule has 8 nitrogen and oxygen atoms in total. The summed E-state index contributed by atoms with van der Waals surface area (Å²) in [4.78, 5) is 16.6. The van der Waals surface area contributed by atoms with Crippen LogP contribution in [0, 0.1) is 30.6 Å². The maximum Gasteiger partial charge on any atom is 0.228 e. The first kappa shape index (κ1) is 16.3. The van der Waals surface area contributed by atoms with Crippen molar-refractivity contribution in [1.29, 1.82) is 0 Å². The minimum atomic E-state index is -2.45. The van der Waals surface area contributed by atoms with Crippen LogP contribution < -0.4 is 10.6 Å². The van der Waals surface area contributed by atoms with E-state index in [9.17, 15) is 4.79 Å². The Kier molecular flexibility index (Phi) is 4.22. The van der Waals surface area contributed by atoms with Crippen LogP contribution in [0.3, 0.4) is 0 Å². The van der Waals surface area contributed by atoms with Gasteiger partial charge in [0.15, 0.2) is 11.6 Å². The van der Waals surface area contributed by atoms with Gasteiger partial charge in [0, 0.05) is 40.8 Å². The third kappa shape index (κ3) is 3.83. The summed E-state index contributed by atoms with van der Waals surface area (Å²) in [6, 6.07) is 1.86. The average Bonchev–Trinajstić information content (AvgIpc) is 3.34. The van der Waals surface area contributed by atoms with Crippen LogP contribution in [-0.2, 0) is 4.79 Å². The Morgan fingerprint density at radius 3 is 2.77 bits per heavy atom. The van der Waals surface area contributed by atoms with Crippen molar-refractivity contribution in [2.45, 2.75) is 40.2 Å². The molecule has 30 heavy (non-hydrogen) atoms. The van der Waals surface area contributed by atoms with Crippen molar-refractivity contribution in [3.8, 4) is 11.8 Å². The first-order valence-corrected chi connectivity index (χ1v) is 9.85. The number of carbonyl (C=O) groups excluding carboxylic acids is 1. The van der Waals surface area contributed by atoms with Crippen LogP contribution in [0.5, 0.6) is 0 Å². The maximum absolute atomic E-state index is 12.4. The molecule has 3 aromatic heterocycles. The number of anilines is 2. The van der Waals surface area contributed by atoms with Crippen LogP contribution in [0.4, 0.5) is 11.6 Å². The van der Waals surface area contributed by atoms with Crippen LogP contribution in [0.25, 0.3) is 10.9 Å². The summed E-state index contributed by atoms with van der Waals surface area (Å²) < 4.78 is 24.3. The van der Waals surface area contributed by atoms with E-state index in [4.69, 9.17) is 4.11 Å². The van der Waals surface area contributed by atoms with Gasteiger partial charge in [-0.3, -0.25) is 9.48 Å². The molecule has 0 unspecified atom stereocenters. The van der Waals surface area contributed by atoms with E-state index in [2.05, 4.69) is 42.8 Å². The van der Waals surface area contributed by atoms with Crippen LogP contribution >= 0.6 is 0 Å². The Balaban J connectivity index is 1.75. The summed E-state index contributed by atoms with van der Waals surface area (Å²) in [6.45, 7) is 5.53. The normalized spacial score (nSPS) is 19.4. The minimum Gasteiger partial charge on any atom is -0.371 e. The highest BCUT2D eigenvalue weighted by atomic mass is 16.2. The molecule has 2 atom stereocenters. The molecular weight excluding hydrogens is 378 g/mol. The van der Waals surface area contributed by atoms with Crippen molar-refractivity contribution in [3.63, 3.8) is 0 Å². The van der Waals surface area contributed by atoms with Gasteiger partial charge in [0.1, 0.15) is 5.52 Å². The monoisotopic (exact) mass is 406 g/mol. The topological polar surface area (TPSA) is 97.6 Å². The lowest BCUT2D eigenvalue weighted by atomic mass is 10.1. The molecule has 2 N–H and O–H groups in total. The number of hydrogen-bond donors (Lipinski definition) is 2. The van der Waals surface area contributed by atoms with E-state index in [1.54, 1.807) is 6.07 Å². The molecule has 1 aliphatic rings. The third-order valence-corrected chi connectivity index (χ3v) is 5.22. The number of nitrogens with zero attached hydrogens (tertiary/aromatic N) is 5. The van der Waals surface area contributed by atoms with E-state index in [0.717, 1.165) is 17.7 Å². The largest absolute Gasteiger partial charge is 0.371 e. The smallest absolute Gasteiger partial charge is 0.228 e. The fourth-order valence-corrected chi connectivity index (χ4v) is 3.19. The van der Waals surface area contributed by atoms with Gasteiger partial charge in [-0.15, -0.1) is 10.2 Å². The summed E-state index contributed by atoms with van der Waals surface area (Å²) in [5, 5.41) is 18.4. The molecule has 3 heterocycles. The Hall–Kier alpha value is -3.47. The number of amides is 1. The predicted molar refractivity (Wildman–Crippen MR) is 116 cm³/mol. The second-order valence-electron chi connectivity index (χ2n) is 7.90. The predicted octanol–water partition coefficient (Wildman–Crippen LogP) is 3.15. The van der Waals surface area contributed by atoms with Crippen LogP contribution in [0.15, 0.2) is 18.5 Å². The number of carbonyl (C=O) groups is 1. The molecule has 1 amide bonds. The second-order valence-corrected chi connectivity index (χ2v) is 7.90. The minimum absolute atomic E-state index is 0.0209. The summed E-state index contributed by atoms with van der Waals surface area (Å²) in [5.41, 5.74) is 2.37. The lowest BCUT2D eigenvalue weighted by Crippen LogP contribution is -2.16. The second kappa shape index (κ2) is 7.75. The average molecular weight is 407 g/mol. The molecule has 1 aliphatic carbocycles. The van der Waals surface area contributed by atoms with E-state index in [1.165, 1.54) is 6.20 Å². The highest BCUT2D eigenvalue weighted by Crippen LogP contribution is 2.38. The number of pyridine rings is 1. The number of fused-ring (bicyclic) bond motifs is 1. The molecular formula is C22H25N7O. The molecule has 3 aromatic rings. The quantitative estimate of drug-likeness (QED) is 0.646. The summed E-state index contributed by atoms with van der Waals surface area (Å²) in [5.74, 6) is 6.80. The molecule has 0 saturated heterocycles. The summed E-state index contributed by atoms with van der Waals surface area (Å²) >= 11 is 0. The van der Waals surface area contributed by atoms with Gasteiger partial charge in [-0.2, -0.15) is 5.10 Å². The molecule has 1 fully saturated rings. The van der Waals surface area contributed by atoms with Crippen molar-refractivity contribution in [2.75, 3.05) is 17.6 Å².